The van der Waals surface area contributed by atoms with E-state index in [0.29, 0.717) is 0 Å². The van der Waals surface area contributed by atoms with Gasteiger partial charge in [-0.05, 0) is 18.4 Å². The van der Waals surface area contributed by atoms with Crippen LogP contribution < -0.4 is 0 Å². The van der Waals surface area contributed by atoms with Crippen molar-refractivity contribution in [2.45, 2.75) is 31.1 Å². The van der Waals surface area contributed by atoms with Gasteiger partial charge in [-0.2, -0.15) is 0 Å². The third-order valence-electron chi connectivity index (χ3n) is 3.64. The van der Waals surface area contributed by atoms with Gasteiger partial charge >= 0.3 is 0 Å². The first-order valence-corrected chi connectivity index (χ1v) is 5.85. The lowest BCUT2D eigenvalue weighted by atomic mass is 9.79. The summed E-state index contributed by atoms with van der Waals surface area (Å²) in [7, 11) is 1.76. The van der Waals surface area contributed by atoms with E-state index < -0.39 is 0 Å². The van der Waals surface area contributed by atoms with Gasteiger partial charge in [-0.15, -0.1) is 0 Å². The Labute approximate surface area is 96.6 Å². The van der Waals surface area contributed by atoms with Crippen molar-refractivity contribution in [3.8, 4) is 0 Å². The number of aldehydes is 1. The molecule has 86 valence electrons. The van der Waals surface area contributed by atoms with Crippen LogP contribution in [0.3, 0.4) is 0 Å². The van der Waals surface area contributed by atoms with E-state index in [-0.39, 0.29) is 5.41 Å². The highest BCUT2D eigenvalue weighted by atomic mass is 16.5. The SMILES string of the molecule is COCC1(c2ccc(C=O)cc2)CCCC1. The minimum Gasteiger partial charge on any atom is -0.384 e. The number of hydrogen-bond donors (Lipinski definition) is 0. The van der Waals surface area contributed by atoms with Gasteiger partial charge in [0.05, 0.1) is 6.61 Å². The minimum absolute atomic E-state index is 0.191. The molecule has 1 aromatic rings. The highest BCUT2D eigenvalue weighted by molar-refractivity contribution is 5.74. The Morgan fingerprint density at radius 1 is 1.25 bits per heavy atom. The Hall–Kier alpha value is -1.15. The second-order valence-electron chi connectivity index (χ2n) is 4.66. The number of ether oxygens (including phenoxy) is 1. The van der Waals surface area contributed by atoms with Gasteiger partial charge in [-0.1, -0.05) is 37.1 Å². The molecular weight excluding hydrogens is 200 g/mol. The second kappa shape index (κ2) is 4.79. The summed E-state index contributed by atoms with van der Waals surface area (Å²) in [6, 6.07) is 7.96. The quantitative estimate of drug-likeness (QED) is 0.726. The molecule has 0 unspecified atom stereocenters. The van der Waals surface area contributed by atoms with Crippen LogP contribution in [0, 0.1) is 0 Å². The summed E-state index contributed by atoms with van der Waals surface area (Å²) in [5, 5.41) is 0. The molecule has 2 rings (SSSR count). The van der Waals surface area contributed by atoms with Gasteiger partial charge in [-0.3, -0.25) is 4.79 Å². The van der Waals surface area contributed by atoms with Gasteiger partial charge in [0.25, 0.3) is 0 Å². The van der Waals surface area contributed by atoms with E-state index in [1.165, 1.54) is 31.2 Å². The van der Waals surface area contributed by atoms with Crippen molar-refractivity contribution in [3.05, 3.63) is 35.4 Å². The predicted molar refractivity (Wildman–Crippen MR) is 63.9 cm³/mol. The first-order valence-electron chi connectivity index (χ1n) is 5.85. The second-order valence-corrected chi connectivity index (χ2v) is 4.66. The maximum Gasteiger partial charge on any atom is 0.150 e. The topological polar surface area (TPSA) is 26.3 Å². The van der Waals surface area contributed by atoms with Crippen LogP contribution in [0.5, 0.6) is 0 Å². The maximum absolute atomic E-state index is 10.6. The third-order valence-corrected chi connectivity index (χ3v) is 3.64. The monoisotopic (exact) mass is 218 g/mol. The molecular formula is C14H18O2. The predicted octanol–water partition coefficient (Wildman–Crippen LogP) is 2.96. The molecule has 1 aliphatic rings. The van der Waals surface area contributed by atoms with Gasteiger partial charge in [0.15, 0.2) is 0 Å². The summed E-state index contributed by atoms with van der Waals surface area (Å²) < 4.78 is 5.37. The highest BCUT2D eigenvalue weighted by Crippen LogP contribution is 2.41. The summed E-state index contributed by atoms with van der Waals surface area (Å²) in [4.78, 5) is 10.6. The number of rotatable bonds is 4. The zero-order chi connectivity index (χ0) is 11.4. The lowest BCUT2D eigenvalue weighted by molar-refractivity contribution is 0.112. The van der Waals surface area contributed by atoms with E-state index in [2.05, 4.69) is 12.1 Å². The molecule has 0 spiro atoms. The standard InChI is InChI=1S/C14H18O2/c1-16-11-14(8-2-3-9-14)13-6-4-12(10-15)5-7-13/h4-7,10H,2-3,8-9,11H2,1H3. The van der Waals surface area contributed by atoms with E-state index in [9.17, 15) is 4.79 Å². The van der Waals surface area contributed by atoms with Crippen LogP contribution in [0.2, 0.25) is 0 Å². The van der Waals surface area contributed by atoms with Gasteiger partial charge in [0, 0.05) is 18.1 Å². The van der Waals surface area contributed by atoms with Crippen LogP contribution in [0.1, 0.15) is 41.6 Å². The number of hydrogen-bond acceptors (Lipinski definition) is 2. The molecule has 0 aliphatic heterocycles. The molecule has 0 radical (unpaired) electrons. The van der Waals surface area contributed by atoms with Crippen LogP contribution >= 0.6 is 0 Å². The van der Waals surface area contributed by atoms with Gasteiger partial charge in [-0.25, -0.2) is 0 Å². The van der Waals surface area contributed by atoms with Gasteiger partial charge in [0.2, 0.25) is 0 Å². The van der Waals surface area contributed by atoms with E-state index in [1.807, 2.05) is 12.1 Å². The fourth-order valence-electron chi connectivity index (χ4n) is 2.76. The summed E-state index contributed by atoms with van der Waals surface area (Å²) in [6.07, 6.45) is 5.83. The molecule has 0 heterocycles. The smallest absolute Gasteiger partial charge is 0.150 e. The van der Waals surface area contributed by atoms with Crippen molar-refractivity contribution in [1.29, 1.82) is 0 Å². The molecule has 1 aliphatic carbocycles. The van der Waals surface area contributed by atoms with Crippen LogP contribution in [0.4, 0.5) is 0 Å². The molecule has 0 aromatic heterocycles. The molecule has 0 bridgehead atoms. The van der Waals surface area contributed by atoms with Crippen molar-refractivity contribution in [1.82, 2.24) is 0 Å². The average Bonchev–Trinajstić information content (AvgIpc) is 2.80. The maximum atomic E-state index is 10.6. The number of carbonyl (C=O) groups excluding carboxylic acids is 1. The highest BCUT2D eigenvalue weighted by Gasteiger charge is 2.35. The largest absolute Gasteiger partial charge is 0.384 e. The van der Waals surface area contributed by atoms with Crippen molar-refractivity contribution in [3.63, 3.8) is 0 Å². The molecule has 2 nitrogen and oxygen atoms in total. The Kier molecular flexibility index (Phi) is 3.39. The van der Waals surface area contributed by atoms with Crippen LogP contribution in [-0.4, -0.2) is 20.0 Å². The molecule has 0 saturated heterocycles. The van der Waals surface area contributed by atoms with Gasteiger partial charge < -0.3 is 4.74 Å². The summed E-state index contributed by atoms with van der Waals surface area (Å²) in [5.41, 5.74) is 2.25. The molecule has 0 amide bonds. The van der Waals surface area contributed by atoms with Crippen LogP contribution in [0.25, 0.3) is 0 Å². The molecule has 1 fully saturated rings. The molecule has 1 aromatic carbocycles. The van der Waals surface area contributed by atoms with Crippen LogP contribution in [0.15, 0.2) is 24.3 Å². The van der Waals surface area contributed by atoms with Crippen molar-refractivity contribution in [2.75, 3.05) is 13.7 Å². The van der Waals surface area contributed by atoms with Crippen molar-refractivity contribution < 1.29 is 9.53 Å². The van der Waals surface area contributed by atoms with E-state index in [1.54, 1.807) is 7.11 Å². The first-order chi connectivity index (χ1) is 7.80. The Morgan fingerprint density at radius 3 is 2.38 bits per heavy atom. The summed E-state index contributed by atoms with van der Waals surface area (Å²) >= 11 is 0. The number of carbonyl (C=O) groups is 1. The summed E-state index contributed by atoms with van der Waals surface area (Å²) in [6.45, 7) is 0.785. The summed E-state index contributed by atoms with van der Waals surface area (Å²) in [5.74, 6) is 0. The fourth-order valence-corrected chi connectivity index (χ4v) is 2.76. The van der Waals surface area contributed by atoms with E-state index in [4.69, 9.17) is 4.74 Å². The van der Waals surface area contributed by atoms with Gasteiger partial charge in [0.1, 0.15) is 6.29 Å². The molecule has 16 heavy (non-hydrogen) atoms. The van der Waals surface area contributed by atoms with Crippen molar-refractivity contribution >= 4 is 6.29 Å². The number of methoxy groups -OCH3 is 1. The van der Waals surface area contributed by atoms with E-state index >= 15 is 0 Å². The minimum atomic E-state index is 0.191. The van der Waals surface area contributed by atoms with E-state index in [0.717, 1.165) is 18.5 Å². The first kappa shape index (κ1) is 11.3. The Morgan fingerprint density at radius 2 is 1.88 bits per heavy atom. The lowest BCUT2D eigenvalue weighted by Crippen LogP contribution is -2.27. The average molecular weight is 218 g/mol. The molecule has 1 saturated carbocycles. The van der Waals surface area contributed by atoms with Crippen LogP contribution in [-0.2, 0) is 10.2 Å². The Balaban J connectivity index is 2.27. The normalized spacial score (nSPS) is 18.6. The molecule has 0 atom stereocenters. The number of benzene rings is 1. The zero-order valence-electron chi connectivity index (χ0n) is 9.74. The zero-order valence-corrected chi connectivity index (χ0v) is 9.74. The fraction of sp³-hybridized carbons (Fsp3) is 0.500. The molecule has 0 N–H and O–H groups in total. The Bertz CT molecular complexity index is 348. The third kappa shape index (κ3) is 2.03. The molecule has 2 heteroatoms. The lowest BCUT2D eigenvalue weighted by Gasteiger charge is -2.28. The van der Waals surface area contributed by atoms with Crippen molar-refractivity contribution in [2.24, 2.45) is 0 Å².